The van der Waals surface area contributed by atoms with Crippen molar-refractivity contribution in [3.8, 4) is 22.8 Å². The minimum absolute atomic E-state index is 0. The van der Waals surface area contributed by atoms with Gasteiger partial charge in [0.15, 0.2) is 11.5 Å². The predicted molar refractivity (Wildman–Crippen MR) is 137 cm³/mol. The number of nitrogens with zero attached hydrogens (tertiary/aromatic N) is 1. The van der Waals surface area contributed by atoms with Crippen LogP contribution < -0.4 is 15.2 Å². The van der Waals surface area contributed by atoms with E-state index in [2.05, 4.69) is 22.1 Å². The van der Waals surface area contributed by atoms with Gasteiger partial charge >= 0.3 is 6.29 Å². The molecule has 0 bridgehead atoms. The van der Waals surface area contributed by atoms with Crippen LogP contribution in [0.4, 0.5) is 8.78 Å². The Morgan fingerprint density at radius 3 is 2.25 bits per heavy atom. The van der Waals surface area contributed by atoms with Crippen LogP contribution in [0.5, 0.6) is 11.5 Å². The molecule has 0 amide bonds. The SMILES string of the molecule is CS.Cc1ccc(CC(=O)C2(c3ccc4c(c3)OC(F)(F)O4)CC2)nc1-c1ccc(CN)cc1.O.O. The minimum atomic E-state index is -3.67. The molecule has 1 aliphatic carbocycles. The van der Waals surface area contributed by atoms with E-state index in [1.54, 1.807) is 12.3 Å². The lowest BCUT2D eigenvalue weighted by Crippen LogP contribution is -2.26. The number of hydrogen-bond donors (Lipinski definition) is 2. The van der Waals surface area contributed by atoms with Gasteiger partial charge in [0, 0.05) is 24.2 Å². The van der Waals surface area contributed by atoms with Crippen molar-refractivity contribution >= 4 is 18.4 Å². The van der Waals surface area contributed by atoms with Crippen molar-refractivity contribution in [1.82, 2.24) is 4.98 Å². The van der Waals surface area contributed by atoms with E-state index in [1.807, 2.05) is 43.3 Å². The van der Waals surface area contributed by atoms with Gasteiger partial charge in [-0.25, -0.2) is 0 Å². The van der Waals surface area contributed by atoms with Crippen LogP contribution in [0.2, 0.25) is 0 Å². The maximum absolute atomic E-state index is 13.4. The van der Waals surface area contributed by atoms with Gasteiger partial charge in [0.2, 0.25) is 0 Å². The number of rotatable bonds is 6. The largest absolute Gasteiger partial charge is 0.586 e. The molecule has 1 saturated carbocycles. The summed E-state index contributed by atoms with van der Waals surface area (Å²) in [5.74, 6) is -0.0420. The standard InChI is InChI=1S/C25H22F2N2O3.CH4S.2H2O/c1-15-2-8-19(29-23(15)17-5-3-16(14-28)4-6-17)13-22(30)24(10-11-24)18-7-9-20-21(12-18)32-25(26,27)31-20;1-2;;/h2-9,12H,10-11,13-14,28H2,1H3;2H,1H3;2*1H2. The van der Waals surface area contributed by atoms with E-state index in [1.165, 1.54) is 12.1 Å². The first kappa shape index (κ1) is 29.2. The number of halogens is 2. The topological polar surface area (TPSA) is 137 Å². The molecule has 0 saturated heterocycles. The molecule has 7 nitrogen and oxygen atoms in total. The molecular formula is C26H30F2N2O5S. The van der Waals surface area contributed by atoms with E-state index >= 15 is 0 Å². The first-order valence-electron chi connectivity index (χ1n) is 10.9. The third-order valence-electron chi connectivity index (χ3n) is 6.20. The Hall–Kier alpha value is -3.05. The summed E-state index contributed by atoms with van der Waals surface area (Å²) in [5, 5.41) is 0. The van der Waals surface area contributed by atoms with Crippen LogP contribution in [0.15, 0.2) is 54.6 Å². The number of benzene rings is 2. The number of carbonyl (C=O) groups is 1. The number of hydrogen-bond acceptors (Lipinski definition) is 6. The number of pyridine rings is 1. The number of ketones is 1. The molecule has 36 heavy (non-hydrogen) atoms. The van der Waals surface area contributed by atoms with Gasteiger partial charge in [0.1, 0.15) is 5.78 Å². The number of nitrogens with two attached hydrogens (primary N) is 1. The number of aromatic nitrogens is 1. The van der Waals surface area contributed by atoms with Gasteiger partial charge in [-0.05, 0) is 60.9 Å². The lowest BCUT2D eigenvalue weighted by Gasteiger charge is -2.16. The molecule has 10 heteroatoms. The molecule has 2 aromatic carbocycles. The quantitative estimate of drug-likeness (QED) is 0.479. The van der Waals surface area contributed by atoms with Gasteiger partial charge < -0.3 is 26.2 Å². The van der Waals surface area contributed by atoms with Crippen LogP contribution in [0.25, 0.3) is 11.3 Å². The van der Waals surface area contributed by atoms with E-state index < -0.39 is 11.7 Å². The second-order valence-electron chi connectivity index (χ2n) is 8.38. The minimum Gasteiger partial charge on any atom is -0.412 e. The summed E-state index contributed by atoms with van der Waals surface area (Å²) in [7, 11) is 0. The van der Waals surface area contributed by atoms with Crippen molar-refractivity contribution in [3.63, 3.8) is 0 Å². The van der Waals surface area contributed by atoms with E-state index in [0.29, 0.717) is 30.6 Å². The number of alkyl halides is 2. The Kier molecular flexibility index (Phi) is 9.19. The van der Waals surface area contributed by atoms with E-state index in [9.17, 15) is 13.6 Å². The summed E-state index contributed by atoms with van der Waals surface area (Å²) in [6.45, 7) is 2.45. The third-order valence-corrected chi connectivity index (χ3v) is 6.20. The summed E-state index contributed by atoms with van der Waals surface area (Å²) < 4.78 is 35.7. The van der Waals surface area contributed by atoms with Gasteiger partial charge in [-0.3, -0.25) is 9.78 Å². The van der Waals surface area contributed by atoms with E-state index in [4.69, 9.17) is 10.7 Å². The molecular weight excluding hydrogens is 490 g/mol. The zero-order valence-electron chi connectivity index (χ0n) is 20.0. The average molecular weight is 521 g/mol. The number of thiol groups is 1. The number of fused-ring (bicyclic) bond motifs is 1. The van der Waals surface area contributed by atoms with Crippen molar-refractivity contribution in [2.75, 3.05) is 6.26 Å². The lowest BCUT2D eigenvalue weighted by atomic mass is 9.88. The molecule has 3 aromatic rings. The second-order valence-corrected chi connectivity index (χ2v) is 8.38. The molecule has 0 unspecified atom stereocenters. The van der Waals surface area contributed by atoms with Gasteiger partial charge in [-0.15, -0.1) is 8.78 Å². The van der Waals surface area contributed by atoms with Crippen LogP contribution in [-0.4, -0.2) is 34.3 Å². The van der Waals surface area contributed by atoms with Crippen molar-refractivity contribution < 1.29 is 34.0 Å². The molecule has 6 N–H and O–H groups in total. The van der Waals surface area contributed by atoms with Crippen LogP contribution in [0.3, 0.4) is 0 Å². The Morgan fingerprint density at radius 2 is 1.64 bits per heavy atom. The molecule has 2 heterocycles. The molecule has 2 aliphatic rings. The molecule has 1 aromatic heterocycles. The maximum atomic E-state index is 13.4. The van der Waals surface area contributed by atoms with Gasteiger partial charge in [0.25, 0.3) is 0 Å². The molecule has 0 atom stereocenters. The Morgan fingerprint density at radius 1 is 1.00 bits per heavy atom. The third kappa shape index (κ3) is 5.67. The summed E-state index contributed by atoms with van der Waals surface area (Å²) in [6, 6.07) is 16.3. The molecule has 194 valence electrons. The number of ether oxygens (including phenoxy) is 2. The van der Waals surface area contributed by atoms with Crippen LogP contribution in [-0.2, 0) is 23.2 Å². The van der Waals surface area contributed by atoms with Crippen molar-refractivity contribution in [2.45, 2.75) is 44.4 Å². The van der Waals surface area contributed by atoms with Crippen LogP contribution in [0.1, 0.15) is 35.2 Å². The zero-order valence-corrected chi connectivity index (χ0v) is 20.9. The monoisotopic (exact) mass is 520 g/mol. The average Bonchev–Trinajstić information content (AvgIpc) is 3.59. The summed E-state index contributed by atoms with van der Waals surface area (Å²) >= 11 is 3.53. The van der Waals surface area contributed by atoms with Gasteiger partial charge in [0.05, 0.1) is 11.1 Å². The Labute approximate surface area is 213 Å². The fraction of sp³-hybridized carbons (Fsp3) is 0.308. The normalized spacial score (nSPS) is 15.5. The summed E-state index contributed by atoms with van der Waals surface area (Å²) in [5.41, 5.74) is 10.2. The number of aryl methyl sites for hydroxylation is 1. The van der Waals surface area contributed by atoms with Crippen LogP contribution in [0, 0.1) is 6.92 Å². The van der Waals surface area contributed by atoms with E-state index in [-0.39, 0.29) is 34.7 Å². The highest BCUT2D eigenvalue weighted by Gasteiger charge is 2.52. The predicted octanol–water partition coefficient (Wildman–Crippen LogP) is 3.58. The van der Waals surface area contributed by atoms with Crippen molar-refractivity contribution in [1.29, 1.82) is 0 Å². The number of Topliss-reactive ketones (excluding diaryl/α,β-unsaturated/α-hetero) is 1. The number of carbonyl (C=O) groups excluding carboxylic acids is 1. The van der Waals surface area contributed by atoms with Crippen LogP contribution >= 0.6 is 12.6 Å². The van der Waals surface area contributed by atoms with Crippen molar-refractivity contribution in [3.05, 3.63) is 77.0 Å². The molecule has 1 fully saturated rings. The smallest absolute Gasteiger partial charge is 0.412 e. The fourth-order valence-electron chi connectivity index (χ4n) is 4.19. The molecule has 0 radical (unpaired) electrons. The van der Waals surface area contributed by atoms with Gasteiger partial charge in [-0.2, -0.15) is 12.6 Å². The van der Waals surface area contributed by atoms with E-state index in [0.717, 1.165) is 22.4 Å². The Bertz CT molecular complexity index is 1220. The highest BCUT2D eigenvalue weighted by Crippen LogP contribution is 2.52. The summed E-state index contributed by atoms with van der Waals surface area (Å²) in [4.78, 5) is 18.0. The second kappa shape index (κ2) is 11.3. The first-order valence-corrected chi connectivity index (χ1v) is 11.8. The molecule has 0 spiro atoms. The first-order chi connectivity index (χ1) is 16.3. The maximum Gasteiger partial charge on any atom is 0.586 e. The Balaban J connectivity index is 0.00000111. The zero-order chi connectivity index (χ0) is 24.5. The highest BCUT2D eigenvalue weighted by molar-refractivity contribution is 7.79. The molecule has 1 aliphatic heterocycles. The highest BCUT2D eigenvalue weighted by atomic mass is 32.1. The fourth-order valence-corrected chi connectivity index (χ4v) is 4.19. The lowest BCUT2D eigenvalue weighted by molar-refractivity contribution is -0.286. The van der Waals surface area contributed by atoms with Crippen molar-refractivity contribution in [2.24, 2.45) is 5.73 Å². The van der Waals surface area contributed by atoms with Gasteiger partial charge in [-0.1, -0.05) is 36.4 Å². The summed E-state index contributed by atoms with van der Waals surface area (Å²) in [6.07, 6.45) is -0.479. The molecule has 5 rings (SSSR count).